The number of urea groups is 1. The summed E-state index contributed by atoms with van der Waals surface area (Å²) in [6.07, 6.45) is 5.44. The number of anilines is 1. The van der Waals surface area contributed by atoms with Gasteiger partial charge in [0.25, 0.3) is 5.82 Å². The number of pyridine rings is 2. The zero-order valence-electron chi connectivity index (χ0n) is 25.4. The first-order chi connectivity index (χ1) is 20.5. The summed E-state index contributed by atoms with van der Waals surface area (Å²) in [5, 5.41) is 15.0. The minimum Gasteiger partial charge on any atom is -0.484 e. The Kier molecular flexibility index (Phi) is 7.30. The predicted molar refractivity (Wildman–Crippen MR) is 165 cm³/mol. The summed E-state index contributed by atoms with van der Waals surface area (Å²) in [6, 6.07) is 15.1. The quantitative estimate of drug-likeness (QED) is 0.256. The highest BCUT2D eigenvalue weighted by molar-refractivity contribution is 5.89. The van der Waals surface area contributed by atoms with Crippen LogP contribution in [0.4, 0.5) is 16.4 Å². The first-order valence-corrected chi connectivity index (χ1v) is 14.8. The molecular weight excluding hydrogens is 540 g/mol. The van der Waals surface area contributed by atoms with E-state index in [1.54, 1.807) is 6.07 Å². The van der Waals surface area contributed by atoms with Crippen molar-refractivity contribution in [2.75, 3.05) is 18.9 Å². The van der Waals surface area contributed by atoms with Gasteiger partial charge in [-0.2, -0.15) is 0 Å². The van der Waals surface area contributed by atoms with E-state index in [4.69, 9.17) is 11.3 Å². The minimum atomic E-state index is -0.357. The van der Waals surface area contributed by atoms with E-state index in [1.807, 2.05) is 42.6 Å². The summed E-state index contributed by atoms with van der Waals surface area (Å²) < 4.78 is 8.66. The zero-order chi connectivity index (χ0) is 30.4. The fraction of sp³-hybridized carbons (Fsp3) is 0.424. The van der Waals surface area contributed by atoms with Gasteiger partial charge in [-0.15, -0.1) is 15.2 Å². The first kappa shape index (κ1) is 28.6. The zero-order valence-corrected chi connectivity index (χ0v) is 25.4. The van der Waals surface area contributed by atoms with Gasteiger partial charge in [0.05, 0.1) is 17.8 Å². The highest BCUT2D eigenvalue weighted by Gasteiger charge is 2.40. The van der Waals surface area contributed by atoms with Gasteiger partial charge in [-0.25, -0.2) is 4.79 Å². The summed E-state index contributed by atoms with van der Waals surface area (Å²) in [4.78, 5) is 23.3. The molecule has 43 heavy (non-hydrogen) atoms. The molecule has 2 N–H and O–H groups in total. The summed E-state index contributed by atoms with van der Waals surface area (Å²) in [5.74, 6) is 2.30. The third kappa shape index (κ3) is 5.53. The van der Waals surface area contributed by atoms with Crippen molar-refractivity contribution in [1.29, 1.82) is 0 Å². The number of benzene rings is 1. The van der Waals surface area contributed by atoms with Crippen LogP contribution in [-0.2, 0) is 11.0 Å². The van der Waals surface area contributed by atoms with Gasteiger partial charge in [0.1, 0.15) is 11.9 Å². The Morgan fingerprint density at radius 2 is 1.91 bits per heavy atom. The molecule has 10 nitrogen and oxygen atoms in total. The van der Waals surface area contributed by atoms with E-state index in [1.165, 1.54) is 0 Å². The number of hydrogen-bond acceptors (Lipinski definition) is 6. The lowest BCUT2D eigenvalue weighted by Gasteiger charge is -2.32. The lowest BCUT2D eigenvalue weighted by atomic mass is 9.85. The highest BCUT2D eigenvalue weighted by Crippen LogP contribution is 2.40. The van der Waals surface area contributed by atoms with E-state index in [0.29, 0.717) is 12.2 Å². The maximum Gasteiger partial charge on any atom is 0.322 e. The van der Waals surface area contributed by atoms with Gasteiger partial charge in [0, 0.05) is 6.07 Å². The number of aromatic nitrogens is 4. The molecule has 1 fully saturated rings. The van der Waals surface area contributed by atoms with Gasteiger partial charge in [0.15, 0.2) is 11.5 Å². The standard InChI is InChI=1S/C33H38N8O2/c1-32(2,3)21-18-27(34-5)36-28(19-21)37-31(42)35-25-13-14-26(24-11-8-7-10-23(24)25)43-22-12-15-29-38-39-30(41(29)20-22)33(4)16-9-17-40(33)6/h7-8,10-12,15,18-20,25-26H,9,13-14,16-17H2,1-4,6H3,(H2,35,36,37,42)/t25-,26+,33+/m0/s1. The molecule has 4 heterocycles. The van der Waals surface area contributed by atoms with Gasteiger partial charge in [-0.05, 0) is 86.5 Å². The Morgan fingerprint density at radius 1 is 1.12 bits per heavy atom. The molecule has 2 amide bonds. The van der Waals surface area contributed by atoms with E-state index in [0.717, 1.165) is 59.7 Å². The largest absolute Gasteiger partial charge is 0.484 e. The maximum absolute atomic E-state index is 13.1. The van der Waals surface area contributed by atoms with Gasteiger partial charge in [-0.1, -0.05) is 51.6 Å². The molecule has 1 aromatic carbocycles. The Balaban J connectivity index is 1.20. The van der Waals surface area contributed by atoms with E-state index < -0.39 is 0 Å². The van der Waals surface area contributed by atoms with Crippen LogP contribution < -0.4 is 15.4 Å². The molecule has 3 atom stereocenters. The predicted octanol–water partition coefficient (Wildman–Crippen LogP) is 6.69. The van der Waals surface area contributed by atoms with Gasteiger partial charge in [-0.3, -0.25) is 14.6 Å². The average Bonchev–Trinajstić information content (AvgIpc) is 3.56. The molecule has 4 aromatic rings. The lowest BCUT2D eigenvalue weighted by Crippen LogP contribution is -2.37. The summed E-state index contributed by atoms with van der Waals surface area (Å²) >= 11 is 0. The number of nitrogens with zero attached hydrogens (tertiary/aromatic N) is 6. The lowest BCUT2D eigenvalue weighted by molar-refractivity contribution is 0.170. The topological polar surface area (TPSA) is 101 Å². The molecule has 222 valence electrons. The first-order valence-electron chi connectivity index (χ1n) is 14.8. The monoisotopic (exact) mass is 578 g/mol. The van der Waals surface area contributed by atoms with Gasteiger partial charge in [0.2, 0.25) is 5.82 Å². The number of likely N-dealkylation sites (tertiary alicyclic amines) is 1. The molecule has 0 spiro atoms. The molecule has 1 aliphatic heterocycles. The van der Waals surface area contributed by atoms with Crippen molar-refractivity contribution in [3.63, 3.8) is 0 Å². The summed E-state index contributed by atoms with van der Waals surface area (Å²) in [5.41, 5.74) is 3.46. The molecule has 10 heteroatoms. The van der Waals surface area contributed by atoms with Crippen LogP contribution in [0.3, 0.4) is 0 Å². The van der Waals surface area contributed by atoms with Crippen LogP contribution in [0.15, 0.2) is 54.7 Å². The average molecular weight is 579 g/mol. The molecular formula is C33H38N8O2. The van der Waals surface area contributed by atoms with E-state index in [2.05, 4.69) is 80.8 Å². The Bertz CT molecular complexity index is 1720. The number of ether oxygens (including phenoxy) is 1. The molecule has 3 aromatic heterocycles. The molecule has 1 aliphatic carbocycles. The molecule has 6 rings (SSSR count). The van der Waals surface area contributed by atoms with Crippen LogP contribution in [0.5, 0.6) is 5.75 Å². The maximum atomic E-state index is 13.1. The second-order valence-electron chi connectivity index (χ2n) is 12.8. The molecule has 0 bridgehead atoms. The van der Waals surface area contributed by atoms with Crippen LogP contribution in [0.2, 0.25) is 0 Å². The Morgan fingerprint density at radius 3 is 2.63 bits per heavy atom. The smallest absolute Gasteiger partial charge is 0.322 e. The number of amides is 2. The molecule has 0 radical (unpaired) electrons. The van der Waals surface area contributed by atoms with Crippen LogP contribution in [0, 0.1) is 6.57 Å². The Labute approximate surface area is 252 Å². The third-order valence-electron chi connectivity index (χ3n) is 8.91. The summed E-state index contributed by atoms with van der Waals surface area (Å²) in [7, 11) is 2.14. The van der Waals surface area contributed by atoms with Crippen LogP contribution >= 0.6 is 0 Å². The van der Waals surface area contributed by atoms with Crippen LogP contribution in [0.25, 0.3) is 10.5 Å². The number of rotatable bonds is 5. The SMILES string of the molecule is [C-]#[N+]c1cc(C(C)(C)C)cc(NC(=O)N[C@H]2CC[C@@H](Oc3ccc4nnc([C@@]5(C)CCCN5C)n4c3)c3ccccc32)n1. The van der Waals surface area contributed by atoms with Crippen molar-refractivity contribution in [3.05, 3.63) is 88.7 Å². The van der Waals surface area contributed by atoms with E-state index in [-0.39, 0.29) is 34.9 Å². The molecule has 0 unspecified atom stereocenters. The van der Waals surface area contributed by atoms with E-state index in [9.17, 15) is 4.79 Å². The number of fused-ring (bicyclic) bond motifs is 2. The van der Waals surface area contributed by atoms with Crippen molar-refractivity contribution < 1.29 is 9.53 Å². The fourth-order valence-electron chi connectivity index (χ4n) is 6.26. The van der Waals surface area contributed by atoms with Crippen LogP contribution in [-0.4, -0.2) is 44.1 Å². The molecule has 1 saturated heterocycles. The minimum absolute atomic E-state index is 0.161. The second kappa shape index (κ2) is 11.0. The number of carbonyl (C=O) groups excluding carboxylic acids is 1. The van der Waals surface area contributed by atoms with Gasteiger partial charge >= 0.3 is 6.03 Å². The third-order valence-corrected chi connectivity index (χ3v) is 8.91. The number of nitrogens with one attached hydrogen (secondary N) is 2. The van der Waals surface area contributed by atoms with E-state index >= 15 is 0 Å². The summed E-state index contributed by atoms with van der Waals surface area (Å²) in [6.45, 7) is 16.9. The normalized spacial score (nSPS) is 22.1. The molecule has 0 saturated carbocycles. The highest BCUT2D eigenvalue weighted by atomic mass is 16.5. The van der Waals surface area contributed by atoms with Crippen molar-refractivity contribution in [3.8, 4) is 5.75 Å². The van der Waals surface area contributed by atoms with Crippen LogP contribution in [0.1, 0.15) is 88.0 Å². The fourth-order valence-corrected chi connectivity index (χ4v) is 6.26. The Hall–Kier alpha value is -4.49. The number of carbonyl (C=O) groups is 1. The van der Waals surface area contributed by atoms with Crippen molar-refractivity contribution in [2.24, 2.45) is 0 Å². The second-order valence-corrected chi connectivity index (χ2v) is 12.8. The molecule has 2 aliphatic rings. The van der Waals surface area contributed by atoms with Gasteiger partial charge < -0.3 is 14.9 Å². The van der Waals surface area contributed by atoms with Crippen molar-refractivity contribution in [1.82, 2.24) is 29.8 Å². The number of hydrogen-bond donors (Lipinski definition) is 2. The van der Waals surface area contributed by atoms with Crippen molar-refractivity contribution in [2.45, 2.75) is 76.5 Å². The van der Waals surface area contributed by atoms with Crippen molar-refractivity contribution >= 4 is 23.3 Å².